The summed E-state index contributed by atoms with van der Waals surface area (Å²) in [6.45, 7) is 3.80. The van der Waals surface area contributed by atoms with Gasteiger partial charge in [-0.1, -0.05) is 30.3 Å². The van der Waals surface area contributed by atoms with Crippen LogP contribution >= 0.6 is 0 Å². The SMILES string of the molecule is CCOC(=O)C1=C(CN2CCC[C@@H]2c2ccccc2)NC(=O)NC1. The third kappa shape index (κ3) is 3.59. The molecule has 6 heteroatoms. The van der Waals surface area contributed by atoms with E-state index in [-0.39, 0.29) is 18.5 Å². The molecule has 1 fully saturated rings. The number of esters is 1. The van der Waals surface area contributed by atoms with Crippen LogP contribution in [0.25, 0.3) is 0 Å². The van der Waals surface area contributed by atoms with E-state index in [1.165, 1.54) is 5.56 Å². The highest BCUT2D eigenvalue weighted by Crippen LogP contribution is 2.32. The summed E-state index contributed by atoms with van der Waals surface area (Å²) in [5.41, 5.74) is 2.43. The number of rotatable bonds is 5. The highest BCUT2D eigenvalue weighted by atomic mass is 16.5. The monoisotopic (exact) mass is 329 g/mol. The Balaban J connectivity index is 1.80. The Kier molecular flexibility index (Phi) is 5.15. The smallest absolute Gasteiger partial charge is 0.337 e. The summed E-state index contributed by atoms with van der Waals surface area (Å²) in [5, 5.41) is 5.43. The highest BCUT2D eigenvalue weighted by Gasteiger charge is 2.30. The maximum Gasteiger partial charge on any atom is 0.337 e. The second-order valence-electron chi connectivity index (χ2n) is 6.02. The third-order valence-electron chi connectivity index (χ3n) is 4.49. The standard InChI is InChI=1S/C18H23N3O3/c1-2-24-17(22)14-11-19-18(23)20-15(14)12-21-10-6-9-16(21)13-7-4-3-5-8-13/h3-5,7-8,16H,2,6,9-12H2,1H3,(H2,19,20,23)/t16-/m1/s1. The van der Waals surface area contributed by atoms with Crippen molar-refractivity contribution in [3.05, 3.63) is 47.2 Å². The lowest BCUT2D eigenvalue weighted by Gasteiger charge is -2.29. The molecule has 1 aromatic carbocycles. The van der Waals surface area contributed by atoms with Crippen LogP contribution in [0.2, 0.25) is 0 Å². The molecule has 2 amide bonds. The fourth-order valence-electron chi connectivity index (χ4n) is 3.35. The summed E-state index contributed by atoms with van der Waals surface area (Å²) in [7, 11) is 0. The normalized spacial score (nSPS) is 21.4. The molecule has 1 saturated heterocycles. The number of urea groups is 1. The minimum Gasteiger partial charge on any atom is -0.463 e. The van der Waals surface area contributed by atoms with Crippen molar-refractivity contribution in [1.82, 2.24) is 15.5 Å². The van der Waals surface area contributed by atoms with E-state index in [9.17, 15) is 9.59 Å². The van der Waals surface area contributed by atoms with Gasteiger partial charge in [0.25, 0.3) is 0 Å². The van der Waals surface area contributed by atoms with Gasteiger partial charge in [-0.3, -0.25) is 4.90 Å². The molecule has 0 aliphatic carbocycles. The van der Waals surface area contributed by atoms with Gasteiger partial charge in [0.15, 0.2) is 0 Å². The summed E-state index contributed by atoms with van der Waals surface area (Å²) in [4.78, 5) is 26.2. The van der Waals surface area contributed by atoms with Gasteiger partial charge in [-0.15, -0.1) is 0 Å². The molecule has 0 radical (unpaired) electrons. The molecular weight excluding hydrogens is 306 g/mol. The molecule has 3 rings (SSSR count). The number of nitrogens with zero attached hydrogens (tertiary/aromatic N) is 1. The van der Waals surface area contributed by atoms with Crippen molar-refractivity contribution in [3.63, 3.8) is 0 Å². The van der Waals surface area contributed by atoms with Crippen LogP contribution in [0.5, 0.6) is 0 Å². The van der Waals surface area contributed by atoms with E-state index in [2.05, 4.69) is 27.7 Å². The minimum absolute atomic E-state index is 0.212. The molecule has 0 unspecified atom stereocenters. The molecule has 2 aliphatic rings. The molecule has 2 N–H and O–H groups in total. The Morgan fingerprint density at radius 1 is 1.33 bits per heavy atom. The highest BCUT2D eigenvalue weighted by molar-refractivity contribution is 5.93. The van der Waals surface area contributed by atoms with Gasteiger partial charge >= 0.3 is 12.0 Å². The van der Waals surface area contributed by atoms with Crippen LogP contribution in [0.1, 0.15) is 31.4 Å². The molecule has 1 aromatic rings. The Labute approximate surface area is 141 Å². The average Bonchev–Trinajstić information content (AvgIpc) is 3.04. The molecule has 0 spiro atoms. The van der Waals surface area contributed by atoms with E-state index in [0.29, 0.717) is 30.5 Å². The van der Waals surface area contributed by atoms with E-state index >= 15 is 0 Å². The summed E-state index contributed by atoms with van der Waals surface area (Å²) >= 11 is 0. The largest absolute Gasteiger partial charge is 0.463 e. The number of hydrogen-bond acceptors (Lipinski definition) is 4. The zero-order valence-corrected chi connectivity index (χ0v) is 13.9. The number of carbonyl (C=O) groups is 2. The quantitative estimate of drug-likeness (QED) is 0.810. The van der Waals surface area contributed by atoms with Crippen LogP contribution in [0.3, 0.4) is 0 Å². The van der Waals surface area contributed by atoms with Gasteiger partial charge in [0.1, 0.15) is 0 Å². The summed E-state index contributed by atoms with van der Waals surface area (Å²) < 4.78 is 5.12. The molecular formula is C18H23N3O3. The van der Waals surface area contributed by atoms with Crippen molar-refractivity contribution < 1.29 is 14.3 Å². The fraction of sp³-hybridized carbons (Fsp3) is 0.444. The van der Waals surface area contributed by atoms with E-state index in [4.69, 9.17) is 4.74 Å². The van der Waals surface area contributed by atoms with Gasteiger partial charge in [-0.25, -0.2) is 9.59 Å². The number of hydrogen-bond donors (Lipinski definition) is 2. The van der Waals surface area contributed by atoms with Crippen molar-refractivity contribution >= 4 is 12.0 Å². The van der Waals surface area contributed by atoms with Gasteiger partial charge in [0.2, 0.25) is 0 Å². The van der Waals surface area contributed by atoms with E-state index in [0.717, 1.165) is 19.4 Å². The van der Waals surface area contributed by atoms with E-state index in [1.54, 1.807) is 6.92 Å². The molecule has 2 heterocycles. The number of nitrogens with one attached hydrogen (secondary N) is 2. The fourth-order valence-corrected chi connectivity index (χ4v) is 3.35. The first-order chi connectivity index (χ1) is 11.7. The van der Waals surface area contributed by atoms with Crippen molar-refractivity contribution in [3.8, 4) is 0 Å². The number of carbonyl (C=O) groups excluding carboxylic acids is 2. The van der Waals surface area contributed by atoms with Crippen molar-refractivity contribution in [2.75, 3.05) is 26.2 Å². The van der Waals surface area contributed by atoms with E-state index in [1.807, 2.05) is 18.2 Å². The Bertz CT molecular complexity index is 642. The Morgan fingerprint density at radius 2 is 2.12 bits per heavy atom. The topological polar surface area (TPSA) is 70.7 Å². The number of benzene rings is 1. The number of likely N-dealkylation sites (tertiary alicyclic amines) is 1. The van der Waals surface area contributed by atoms with Crippen LogP contribution in [-0.4, -0.2) is 43.1 Å². The molecule has 6 nitrogen and oxygen atoms in total. The van der Waals surface area contributed by atoms with Crippen LogP contribution in [0, 0.1) is 0 Å². The first-order valence-electron chi connectivity index (χ1n) is 8.42. The molecule has 128 valence electrons. The number of ether oxygens (including phenoxy) is 1. The first kappa shape index (κ1) is 16.5. The van der Waals surface area contributed by atoms with Gasteiger partial charge in [0.05, 0.1) is 18.7 Å². The summed E-state index contributed by atoms with van der Waals surface area (Å²) in [6, 6.07) is 10.4. The molecule has 0 saturated carbocycles. The predicted octanol–water partition coefficient (Wildman–Crippen LogP) is 1.95. The molecule has 2 aliphatic heterocycles. The maximum atomic E-state index is 12.2. The van der Waals surface area contributed by atoms with E-state index < -0.39 is 0 Å². The summed E-state index contributed by atoms with van der Waals surface area (Å²) in [5.74, 6) is -0.365. The van der Waals surface area contributed by atoms with Gasteiger partial charge in [-0.2, -0.15) is 0 Å². The molecule has 0 bridgehead atoms. The van der Waals surface area contributed by atoms with Crippen molar-refractivity contribution in [2.24, 2.45) is 0 Å². The second-order valence-corrected chi connectivity index (χ2v) is 6.02. The zero-order valence-electron chi connectivity index (χ0n) is 13.9. The third-order valence-corrected chi connectivity index (χ3v) is 4.49. The molecule has 1 atom stereocenters. The van der Waals surface area contributed by atoms with Crippen molar-refractivity contribution in [1.29, 1.82) is 0 Å². The van der Waals surface area contributed by atoms with Gasteiger partial charge in [-0.05, 0) is 31.9 Å². The van der Waals surface area contributed by atoms with Crippen LogP contribution in [0.4, 0.5) is 4.79 Å². The first-order valence-corrected chi connectivity index (χ1v) is 8.42. The van der Waals surface area contributed by atoms with Gasteiger partial charge < -0.3 is 15.4 Å². The lowest BCUT2D eigenvalue weighted by Crippen LogP contribution is -2.46. The lowest BCUT2D eigenvalue weighted by molar-refractivity contribution is -0.138. The van der Waals surface area contributed by atoms with Crippen LogP contribution in [0.15, 0.2) is 41.6 Å². The average molecular weight is 329 g/mol. The van der Waals surface area contributed by atoms with Crippen LogP contribution in [-0.2, 0) is 9.53 Å². The number of amides is 2. The summed E-state index contributed by atoms with van der Waals surface area (Å²) in [6.07, 6.45) is 2.19. The Morgan fingerprint density at radius 3 is 2.88 bits per heavy atom. The minimum atomic E-state index is -0.365. The maximum absolute atomic E-state index is 12.2. The molecule has 24 heavy (non-hydrogen) atoms. The zero-order chi connectivity index (χ0) is 16.9. The van der Waals surface area contributed by atoms with Crippen LogP contribution < -0.4 is 10.6 Å². The van der Waals surface area contributed by atoms with Gasteiger partial charge in [0, 0.05) is 18.3 Å². The van der Waals surface area contributed by atoms with Crippen molar-refractivity contribution in [2.45, 2.75) is 25.8 Å². The predicted molar refractivity (Wildman–Crippen MR) is 90.2 cm³/mol. The lowest BCUT2D eigenvalue weighted by atomic mass is 10.0. The second kappa shape index (κ2) is 7.49. The molecule has 0 aromatic heterocycles. The Hall–Kier alpha value is -2.34.